The Bertz CT molecular complexity index is 1030. The summed E-state index contributed by atoms with van der Waals surface area (Å²) in [5.74, 6) is -1.53. The number of nitrogens with zero attached hydrogens (tertiary/aromatic N) is 1. The van der Waals surface area contributed by atoms with E-state index < -0.39 is 17.9 Å². The van der Waals surface area contributed by atoms with Crippen molar-refractivity contribution in [2.24, 2.45) is 7.05 Å². The first-order valence-corrected chi connectivity index (χ1v) is 9.17. The molecule has 0 saturated carbocycles. The molecular formula is C22H25N3O3. The monoisotopic (exact) mass is 379 g/mol. The second-order valence-electron chi connectivity index (χ2n) is 7.17. The van der Waals surface area contributed by atoms with Gasteiger partial charge in [0.25, 0.3) is 0 Å². The molecule has 6 nitrogen and oxygen atoms in total. The van der Waals surface area contributed by atoms with Crippen molar-refractivity contribution in [1.82, 2.24) is 9.88 Å². The third-order valence-corrected chi connectivity index (χ3v) is 4.86. The summed E-state index contributed by atoms with van der Waals surface area (Å²) >= 11 is 0. The fourth-order valence-corrected chi connectivity index (χ4v) is 3.57. The molecule has 0 radical (unpaired) electrons. The van der Waals surface area contributed by atoms with Gasteiger partial charge in [0.05, 0.1) is 6.10 Å². The van der Waals surface area contributed by atoms with E-state index in [4.69, 9.17) is 0 Å². The first-order valence-electron chi connectivity index (χ1n) is 9.17. The van der Waals surface area contributed by atoms with Gasteiger partial charge in [-0.2, -0.15) is 0 Å². The molecule has 6 heteroatoms. The lowest BCUT2D eigenvalue weighted by Crippen LogP contribution is -2.37. The van der Waals surface area contributed by atoms with Crippen molar-refractivity contribution in [3.8, 4) is 0 Å². The molecule has 0 spiro atoms. The molecule has 0 saturated heterocycles. The number of hydrogen-bond donors (Lipinski definition) is 3. The third kappa shape index (κ3) is 3.92. The van der Waals surface area contributed by atoms with Crippen LogP contribution in [0.2, 0.25) is 0 Å². The van der Waals surface area contributed by atoms with Crippen molar-refractivity contribution in [3.63, 3.8) is 0 Å². The fourth-order valence-electron chi connectivity index (χ4n) is 3.57. The molecule has 3 N–H and O–H groups in total. The van der Waals surface area contributed by atoms with E-state index in [2.05, 4.69) is 10.6 Å². The van der Waals surface area contributed by atoms with Gasteiger partial charge in [0.2, 0.25) is 0 Å². The third-order valence-electron chi connectivity index (χ3n) is 4.86. The largest absolute Gasteiger partial charge is 0.386 e. The second-order valence-corrected chi connectivity index (χ2v) is 7.17. The number of hydrogen-bond acceptors (Lipinski definition) is 3. The van der Waals surface area contributed by atoms with Crippen molar-refractivity contribution in [2.75, 3.05) is 11.9 Å². The van der Waals surface area contributed by atoms with Crippen LogP contribution in [0.5, 0.6) is 0 Å². The van der Waals surface area contributed by atoms with Gasteiger partial charge in [0, 0.05) is 41.9 Å². The lowest BCUT2D eigenvalue weighted by molar-refractivity contribution is -0.136. The van der Waals surface area contributed by atoms with Crippen LogP contribution in [-0.4, -0.2) is 28.0 Å². The predicted molar refractivity (Wildman–Crippen MR) is 110 cm³/mol. The minimum absolute atomic E-state index is 0.0495. The van der Waals surface area contributed by atoms with E-state index in [0.29, 0.717) is 11.3 Å². The average molecular weight is 379 g/mol. The van der Waals surface area contributed by atoms with Crippen LogP contribution in [0.25, 0.3) is 10.9 Å². The highest BCUT2D eigenvalue weighted by Crippen LogP contribution is 2.25. The van der Waals surface area contributed by atoms with Gasteiger partial charge in [-0.05, 0) is 38.0 Å². The standard InChI is InChI=1S/C22H25N3O3/c1-13-9-14(2)20(15(3)10-13)24-22(28)21(27)23-11-19(26)17-12-25(4)18-8-6-5-7-16(17)18/h5-10,12,19,26H,11H2,1-4H3,(H,23,27)(H,24,28). The smallest absolute Gasteiger partial charge is 0.313 e. The maximum absolute atomic E-state index is 12.3. The lowest BCUT2D eigenvalue weighted by Gasteiger charge is -2.14. The number of para-hydroxylation sites is 1. The maximum Gasteiger partial charge on any atom is 0.313 e. The zero-order valence-corrected chi connectivity index (χ0v) is 16.5. The van der Waals surface area contributed by atoms with Crippen molar-refractivity contribution in [1.29, 1.82) is 0 Å². The molecule has 2 amide bonds. The van der Waals surface area contributed by atoms with Gasteiger partial charge in [-0.25, -0.2) is 0 Å². The summed E-state index contributed by atoms with van der Waals surface area (Å²) in [7, 11) is 1.90. The number of aliphatic hydroxyl groups is 1. The lowest BCUT2D eigenvalue weighted by atomic mass is 10.1. The molecule has 0 fully saturated rings. The molecule has 2 aromatic carbocycles. The van der Waals surface area contributed by atoms with E-state index in [1.807, 2.05) is 75.0 Å². The van der Waals surface area contributed by atoms with E-state index in [-0.39, 0.29) is 6.54 Å². The number of fused-ring (bicyclic) bond motifs is 1. The van der Waals surface area contributed by atoms with Gasteiger partial charge >= 0.3 is 11.8 Å². The van der Waals surface area contributed by atoms with Crippen LogP contribution in [0.1, 0.15) is 28.4 Å². The van der Waals surface area contributed by atoms with Gasteiger partial charge in [-0.15, -0.1) is 0 Å². The zero-order valence-electron chi connectivity index (χ0n) is 16.5. The molecule has 146 valence electrons. The van der Waals surface area contributed by atoms with Crippen LogP contribution in [0, 0.1) is 20.8 Å². The number of aromatic nitrogens is 1. The number of rotatable bonds is 4. The van der Waals surface area contributed by atoms with Gasteiger partial charge in [-0.1, -0.05) is 35.9 Å². The Morgan fingerprint density at radius 1 is 1.07 bits per heavy atom. The summed E-state index contributed by atoms with van der Waals surface area (Å²) in [5.41, 5.74) is 5.23. The number of carbonyl (C=O) groups excluding carboxylic acids is 2. The highest BCUT2D eigenvalue weighted by atomic mass is 16.3. The minimum Gasteiger partial charge on any atom is -0.386 e. The first-order chi connectivity index (χ1) is 13.3. The quantitative estimate of drug-likeness (QED) is 0.610. The van der Waals surface area contributed by atoms with Crippen molar-refractivity contribution in [3.05, 3.63) is 64.8 Å². The number of nitrogens with one attached hydrogen (secondary N) is 2. The average Bonchev–Trinajstić information content (AvgIpc) is 2.99. The normalized spacial score (nSPS) is 12.0. The number of amides is 2. The van der Waals surface area contributed by atoms with E-state index in [0.717, 1.165) is 27.6 Å². The molecule has 3 aromatic rings. The predicted octanol–water partition coefficient (Wildman–Crippen LogP) is 2.89. The molecule has 0 aliphatic carbocycles. The molecule has 1 unspecified atom stereocenters. The van der Waals surface area contributed by atoms with Crippen LogP contribution in [0.4, 0.5) is 5.69 Å². The number of aryl methyl sites for hydroxylation is 4. The molecule has 1 heterocycles. The van der Waals surface area contributed by atoms with Crippen LogP contribution in [0.15, 0.2) is 42.6 Å². The van der Waals surface area contributed by atoms with E-state index in [1.165, 1.54) is 0 Å². The van der Waals surface area contributed by atoms with Crippen LogP contribution < -0.4 is 10.6 Å². The highest BCUT2D eigenvalue weighted by molar-refractivity contribution is 6.39. The molecule has 1 atom stereocenters. The Morgan fingerprint density at radius 2 is 1.71 bits per heavy atom. The van der Waals surface area contributed by atoms with Crippen LogP contribution in [-0.2, 0) is 16.6 Å². The fraction of sp³-hybridized carbons (Fsp3) is 0.273. The van der Waals surface area contributed by atoms with E-state index in [1.54, 1.807) is 0 Å². The molecular weight excluding hydrogens is 354 g/mol. The molecule has 1 aromatic heterocycles. The van der Waals surface area contributed by atoms with Gasteiger partial charge in [0.1, 0.15) is 0 Å². The molecule has 0 bridgehead atoms. The minimum atomic E-state index is -0.911. The van der Waals surface area contributed by atoms with Crippen LogP contribution in [0.3, 0.4) is 0 Å². The summed E-state index contributed by atoms with van der Waals surface area (Å²) in [6, 6.07) is 11.6. The molecule has 3 rings (SSSR count). The second kappa shape index (κ2) is 7.86. The number of carbonyl (C=O) groups is 2. The number of anilines is 1. The van der Waals surface area contributed by atoms with Crippen molar-refractivity contribution >= 4 is 28.4 Å². The van der Waals surface area contributed by atoms with Gasteiger partial charge < -0.3 is 20.3 Å². The Kier molecular flexibility index (Phi) is 5.51. The Balaban J connectivity index is 1.66. The zero-order chi connectivity index (χ0) is 20.4. The Hall–Kier alpha value is -3.12. The Morgan fingerprint density at radius 3 is 2.39 bits per heavy atom. The number of benzene rings is 2. The number of aliphatic hydroxyl groups excluding tert-OH is 1. The molecule has 0 aliphatic heterocycles. The topological polar surface area (TPSA) is 83.4 Å². The van der Waals surface area contributed by atoms with Gasteiger partial charge in [0.15, 0.2) is 0 Å². The summed E-state index contributed by atoms with van der Waals surface area (Å²) < 4.78 is 1.92. The van der Waals surface area contributed by atoms with E-state index in [9.17, 15) is 14.7 Å². The first kappa shape index (κ1) is 19.6. The summed E-state index contributed by atoms with van der Waals surface area (Å²) in [5, 5.41) is 16.6. The Labute approximate surface area is 164 Å². The summed E-state index contributed by atoms with van der Waals surface area (Å²) in [6.45, 7) is 5.70. The van der Waals surface area contributed by atoms with Crippen LogP contribution >= 0.6 is 0 Å². The highest BCUT2D eigenvalue weighted by Gasteiger charge is 2.19. The van der Waals surface area contributed by atoms with Gasteiger partial charge in [-0.3, -0.25) is 9.59 Å². The molecule has 28 heavy (non-hydrogen) atoms. The van der Waals surface area contributed by atoms with Crippen molar-refractivity contribution in [2.45, 2.75) is 26.9 Å². The summed E-state index contributed by atoms with van der Waals surface area (Å²) in [4.78, 5) is 24.5. The molecule has 0 aliphatic rings. The van der Waals surface area contributed by atoms with Crippen molar-refractivity contribution < 1.29 is 14.7 Å². The maximum atomic E-state index is 12.3. The SMILES string of the molecule is Cc1cc(C)c(NC(=O)C(=O)NCC(O)c2cn(C)c3ccccc23)c(C)c1. The van der Waals surface area contributed by atoms with E-state index >= 15 is 0 Å². The summed E-state index contributed by atoms with van der Waals surface area (Å²) in [6.07, 6.45) is 0.923.